The van der Waals surface area contributed by atoms with Crippen LogP contribution in [0.25, 0.3) is 6.08 Å². The first-order valence-corrected chi connectivity index (χ1v) is 5.62. The highest BCUT2D eigenvalue weighted by molar-refractivity contribution is 6.08. The van der Waals surface area contributed by atoms with Gasteiger partial charge in [0.1, 0.15) is 17.3 Å². The van der Waals surface area contributed by atoms with Gasteiger partial charge < -0.3 is 9.15 Å². The highest BCUT2D eigenvalue weighted by Crippen LogP contribution is 2.18. The lowest BCUT2D eigenvalue weighted by Crippen LogP contribution is -1.98. The van der Waals surface area contributed by atoms with Crippen LogP contribution in [0, 0.1) is 6.92 Å². The number of allylic oxidation sites excluding steroid dienone is 1. The molecule has 92 valence electrons. The first kappa shape index (κ1) is 12.2. The van der Waals surface area contributed by atoms with Crippen LogP contribution < -0.4 is 4.74 Å². The summed E-state index contributed by atoms with van der Waals surface area (Å²) < 4.78 is 10.5. The van der Waals surface area contributed by atoms with E-state index >= 15 is 0 Å². The summed E-state index contributed by atoms with van der Waals surface area (Å²) >= 11 is 0. The largest absolute Gasteiger partial charge is 0.496 e. The van der Waals surface area contributed by atoms with Crippen molar-refractivity contribution >= 4 is 11.9 Å². The molecule has 0 radical (unpaired) electrons. The molecule has 2 aromatic rings. The van der Waals surface area contributed by atoms with Gasteiger partial charge in [-0.1, -0.05) is 12.1 Å². The van der Waals surface area contributed by atoms with Gasteiger partial charge in [-0.25, -0.2) is 0 Å². The highest BCUT2D eigenvalue weighted by atomic mass is 16.5. The van der Waals surface area contributed by atoms with Gasteiger partial charge in [0.15, 0.2) is 5.78 Å². The second-order valence-corrected chi connectivity index (χ2v) is 3.85. The summed E-state index contributed by atoms with van der Waals surface area (Å²) in [6.45, 7) is 1.86. The van der Waals surface area contributed by atoms with Gasteiger partial charge >= 0.3 is 0 Å². The monoisotopic (exact) mass is 242 g/mol. The van der Waals surface area contributed by atoms with Crippen LogP contribution in [-0.2, 0) is 0 Å². The molecule has 3 heteroatoms. The van der Waals surface area contributed by atoms with E-state index in [-0.39, 0.29) is 5.78 Å². The van der Waals surface area contributed by atoms with Gasteiger partial charge in [-0.2, -0.15) is 0 Å². The Morgan fingerprint density at radius 3 is 2.67 bits per heavy atom. The summed E-state index contributed by atoms with van der Waals surface area (Å²) in [4.78, 5) is 12.0. The molecule has 0 aliphatic rings. The third kappa shape index (κ3) is 2.69. The van der Waals surface area contributed by atoms with Crippen molar-refractivity contribution in [2.45, 2.75) is 6.92 Å². The normalized spacial score (nSPS) is 10.8. The molecule has 1 aromatic carbocycles. The molecule has 0 aliphatic heterocycles. The molecule has 0 N–H and O–H groups in total. The van der Waals surface area contributed by atoms with Gasteiger partial charge in [0.05, 0.1) is 12.7 Å². The maximum absolute atomic E-state index is 12.0. The van der Waals surface area contributed by atoms with E-state index in [4.69, 9.17) is 9.15 Å². The number of methoxy groups -OCH3 is 1. The van der Waals surface area contributed by atoms with Crippen molar-refractivity contribution in [3.05, 3.63) is 59.6 Å². The molecule has 3 nitrogen and oxygen atoms in total. The Hall–Kier alpha value is -2.29. The quantitative estimate of drug-likeness (QED) is 0.608. The van der Waals surface area contributed by atoms with E-state index in [0.717, 1.165) is 5.76 Å². The van der Waals surface area contributed by atoms with E-state index in [1.165, 1.54) is 6.08 Å². The predicted molar refractivity (Wildman–Crippen MR) is 69.8 cm³/mol. The molecule has 18 heavy (non-hydrogen) atoms. The van der Waals surface area contributed by atoms with Crippen molar-refractivity contribution in [2.75, 3.05) is 7.11 Å². The second kappa shape index (κ2) is 5.36. The third-order valence-corrected chi connectivity index (χ3v) is 2.53. The molecule has 1 heterocycles. The maximum Gasteiger partial charge on any atom is 0.189 e. The molecule has 0 fully saturated rings. The van der Waals surface area contributed by atoms with Crippen LogP contribution in [-0.4, -0.2) is 12.9 Å². The number of aryl methyl sites for hydroxylation is 1. The fourth-order valence-corrected chi connectivity index (χ4v) is 1.64. The molecule has 2 rings (SSSR count). The van der Waals surface area contributed by atoms with Crippen LogP contribution in [0.4, 0.5) is 0 Å². The number of hydrogen-bond donors (Lipinski definition) is 0. The fourth-order valence-electron chi connectivity index (χ4n) is 1.64. The third-order valence-electron chi connectivity index (χ3n) is 2.53. The van der Waals surface area contributed by atoms with Gasteiger partial charge in [0.2, 0.25) is 0 Å². The second-order valence-electron chi connectivity index (χ2n) is 3.85. The van der Waals surface area contributed by atoms with Gasteiger partial charge in [0, 0.05) is 0 Å². The van der Waals surface area contributed by atoms with Crippen molar-refractivity contribution in [2.24, 2.45) is 0 Å². The summed E-state index contributed by atoms with van der Waals surface area (Å²) in [6.07, 6.45) is 3.14. The molecule has 0 saturated heterocycles. The Labute approximate surface area is 106 Å². The summed E-state index contributed by atoms with van der Waals surface area (Å²) in [7, 11) is 1.55. The number of carbonyl (C=O) groups excluding carboxylic acids is 1. The number of benzene rings is 1. The molecule has 0 amide bonds. The maximum atomic E-state index is 12.0. The van der Waals surface area contributed by atoms with E-state index in [9.17, 15) is 4.79 Å². The fraction of sp³-hybridized carbons (Fsp3) is 0.133. The SMILES string of the molecule is COc1ccccc1C(=O)C=Cc1ccc(C)o1. The summed E-state index contributed by atoms with van der Waals surface area (Å²) in [5.41, 5.74) is 0.541. The Bertz CT molecular complexity index is 579. The predicted octanol–water partition coefficient (Wildman–Crippen LogP) is 3.49. The van der Waals surface area contributed by atoms with Gasteiger partial charge in [0.25, 0.3) is 0 Å². The van der Waals surface area contributed by atoms with Crippen LogP contribution in [0.15, 0.2) is 46.9 Å². The van der Waals surface area contributed by atoms with Crippen LogP contribution >= 0.6 is 0 Å². The average Bonchev–Trinajstić information content (AvgIpc) is 2.81. The Morgan fingerprint density at radius 2 is 2.00 bits per heavy atom. The van der Waals surface area contributed by atoms with E-state index in [2.05, 4.69) is 0 Å². The number of rotatable bonds is 4. The molecule has 0 saturated carbocycles. The van der Waals surface area contributed by atoms with Gasteiger partial charge in [-0.3, -0.25) is 4.79 Å². The standard InChI is InChI=1S/C15H14O3/c1-11-7-8-12(18-11)9-10-14(16)13-5-3-4-6-15(13)17-2/h3-10H,1-2H3. The molecule has 0 bridgehead atoms. The van der Waals surface area contributed by atoms with Crippen LogP contribution in [0.3, 0.4) is 0 Å². The summed E-state index contributed by atoms with van der Waals surface area (Å²) in [6, 6.07) is 10.8. The lowest BCUT2D eigenvalue weighted by atomic mass is 10.1. The number of ketones is 1. The zero-order chi connectivity index (χ0) is 13.0. The van der Waals surface area contributed by atoms with E-state index in [0.29, 0.717) is 17.1 Å². The van der Waals surface area contributed by atoms with E-state index < -0.39 is 0 Å². The van der Waals surface area contributed by atoms with Crippen molar-refractivity contribution < 1.29 is 13.9 Å². The van der Waals surface area contributed by atoms with Crippen molar-refractivity contribution in [3.63, 3.8) is 0 Å². The molecule has 0 spiro atoms. The molecule has 1 aromatic heterocycles. The molecule has 0 unspecified atom stereocenters. The van der Waals surface area contributed by atoms with E-state index in [1.54, 1.807) is 31.4 Å². The Balaban J connectivity index is 2.19. The molecule has 0 aliphatic carbocycles. The Kier molecular flexibility index (Phi) is 3.63. The minimum Gasteiger partial charge on any atom is -0.496 e. The van der Waals surface area contributed by atoms with Gasteiger partial charge in [-0.15, -0.1) is 0 Å². The number of carbonyl (C=O) groups is 1. The minimum atomic E-state index is -0.110. The zero-order valence-corrected chi connectivity index (χ0v) is 10.3. The topological polar surface area (TPSA) is 39.4 Å². The van der Waals surface area contributed by atoms with Gasteiger partial charge in [-0.05, 0) is 43.3 Å². The average molecular weight is 242 g/mol. The van der Waals surface area contributed by atoms with Crippen molar-refractivity contribution in [1.82, 2.24) is 0 Å². The number of hydrogen-bond acceptors (Lipinski definition) is 3. The first-order valence-electron chi connectivity index (χ1n) is 5.62. The number of para-hydroxylation sites is 1. The zero-order valence-electron chi connectivity index (χ0n) is 10.3. The smallest absolute Gasteiger partial charge is 0.189 e. The van der Waals surface area contributed by atoms with Crippen LogP contribution in [0.1, 0.15) is 21.9 Å². The van der Waals surface area contributed by atoms with Crippen molar-refractivity contribution in [1.29, 1.82) is 0 Å². The molecule has 0 atom stereocenters. The Morgan fingerprint density at radius 1 is 1.22 bits per heavy atom. The minimum absolute atomic E-state index is 0.110. The summed E-state index contributed by atoms with van der Waals surface area (Å²) in [5.74, 6) is 1.94. The first-order chi connectivity index (χ1) is 8.70. The lowest BCUT2D eigenvalue weighted by Gasteiger charge is -2.03. The highest BCUT2D eigenvalue weighted by Gasteiger charge is 2.08. The van der Waals surface area contributed by atoms with Crippen LogP contribution in [0.5, 0.6) is 5.75 Å². The lowest BCUT2D eigenvalue weighted by molar-refractivity contribution is 0.104. The molecular weight excluding hydrogens is 228 g/mol. The summed E-state index contributed by atoms with van der Waals surface area (Å²) in [5, 5.41) is 0. The number of ether oxygens (including phenoxy) is 1. The van der Waals surface area contributed by atoms with Crippen LogP contribution in [0.2, 0.25) is 0 Å². The van der Waals surface area contributed by atoms with E-state index in [1.807, 2.05) is 25.1 Å². The molecular formula is C15H14O3. The van der Waals surface area contributed by atoms with Crippen molar-refractivity contribution in [3.8, 4) is 5.75 Å². The number of furan rings is 1.